The molecule has 2 rings (SSSR count). The Hall–Kier alpha value is -2.74. The van der Waals surface area contributed by atoms with Crippen LogP contribution < -0.4 is 20.7 Å². The molecule has 0 aromatic carbocycles. The van der Waals surface area contributed by atoms with E-state index in [-0.39, 0.29) is 17.1 Å². The number of aliphatic imine (C=N–C) groups is 1. The first-order valence-corrected chi connectivity index (χ1v) is 8.18. The molecule has 8 heteroatoms. The van der Waals surface area contributed by atoms with Crippen molar-refractivity contribution in [3.05, 3.63) is 42.4 Å². The Balaban J connectivity index is 2.10. The van der Waals surface area contributed by atoms with Crippen molar-refractivity contribution in [1.82, 2.24) is 9.97 Å². The lowest BCUT2D eigenvalue weighted by Crippen LogP contribution is -2.21. The summed E-state index contributed by atoms with van der Waals surface area (Å²) in [6.45, 7) is 3.90. The number of nitrogens with one attached hydrogen (secondary N) is 1. The summed E-state index contributed by atoms with van der Waals surface area (Å²) in [5.41, 5.74) is 7.40. The highest BCUT2D eigenvalue weighted by atomic mass is 32.1. The zero-order valence-corrected chi connectivity index (χ0v) is 15.5. The number of ether oxygens (including phenoxy) is 1. The van der Waals surface area contributed by atoms with Gasteiger partial charge < -0.3 is 20.7 Å². The highest BCUT2D eigenvalue weighted by Gasteiger charge is 2.08. The van der Waals surface area contributed by atoms with E-state index >= 15 is 0 Å². The second-order valence-corrected chi connectivity index (χ2v) is 6.13. The van der Waals surface area contributed by atoms with Crippen molar-refractivity contribution in [2.45, 2.75) is 20.0 Å². The van der Waals surface area contributed by atoms with Crippen LogP contribution in [0.2, 0.25) is 0 Å². The molecule has 0 spiro atoms. The van der Waals surface area contributed by atoms with Gasteiger partial charge >= 0.3 is 0 Å². The smallest absolute Gasteiger partial charge is 0.200 e. The van der Waals surface area contributed by atoms with Crippen LogP contribution in [-0.2, 0) is 0 Å². The number of thiocarbonyl (C=S) groups is 1. The maximum atomic E-state index is 5.99. The predicted octanol–water partition coefficient (Wildman–Crippen LogP) is 2.43. The Morgan fingerprint density at radius 1 is 1.28 bits per heavy atom. The fourth-order valence-electron chi connectivity index (χ4n) is 2.02. The Labute approximate surface area is 152 Å². The monoisotopic (exact) mass is 358 g/mol. The predicted molar refractivity (Wildman–Crippen MR) is 106 cm³/mol. The summed E-state index contributed by atoms with van der Waals surface area (Å²) in [6, 6.07) is 7.32. The number of hydrogen-bond donors (Lipinski definition) is 2. The van der Waals surface area contributed by atoms with Gasteiger partial charge in [-0.1, -0.05) is 0 Å². The number of pyridine rings is 2. The van der Waals surface area contributed by atoms with Gasteiger partial charge in [-0.25, -0.2) is 15.0 Å². The molecule has 2 heterocycles. The molecular weight excluding hydrogens is 336 g/mol. The third-order valence-electron chi connectivity index (χ3n) is 3.09. The van der Waals surface area contributed by atoms with Gasteiger partial charge in [0, 0.05) is 20.3 Å². The van der Waals surface area contributed by atoms with Crippen LogP contribution in [0.1, 0.15) is 19.5 Å². The van der Waals surface area contributed by atoms with Crippen LogP contribution in [0.25, 0.3) is 0 Å². The molecule has 0 radical (unpaired) electrons. The molecule has 2 aromatic rings. The van der Waals surface area contributed by atoms with Crippen molar-refractivity contribution in [1.29, 1.82) is 0 Å². The first kappa shape index (κ1) is 18.6. The van der Waals surface area contributed by atoms with E-state index in [2.05, 4.69) is 20.3 Å². The highest BCUT2D eigenvalue weighted by Crippen LogP contribution is 2.20. The van der Waals surface area contributed by atoms with Gasteiger partial charge in [0.2, 0.25) is 0 Å². The van der Waals surface area contributed by atoms with Gasteiger partial charge in [0.15, 0.2) is 16.8 Å². The third kappa shape index (κ3) is 5.39. The normalized spacial score (nSPS) is 11.3. The average Bonchev–Trinajstić information content (AvgIpc) is 2.55. The number of aromatic nitrogens is 2. The topological polar surface area (TPSA) is 88.7 Å². The number of rotatable bonds is 5. The minimum atomic E-state index is 0.0831. The Bertz CT molecular complexity index is 758. The first-order valence-electron chi connectivity index (χ1n) is 7.77. The average molecular weight is 358 g/mol. The van der Waals surface area contributed by atoms with E-state index < -0.39 is 0 Å². The molecule has 0 saturated carbocycles. The first-order chi connectivity index (χ1) is 11.9. The van der Waals surface area contributed by atoms with Gasteiger partial charge in [0.05, 0.1) is 18.0 Å². The van der Waals surface area contributed by atoms with Gasteiger partial charge in [0.25, 0.3) is 0 Å². The van der Waals surface area contributed by atoms with E-state index in [9.17, 15) is 0 Å². The second-order valence-electron chi connectivity index (χ2n) is 5.74. The summed E-state index contributed by atoms with van der Waals surface area (Å²) in [5, 5.41) is 3.20. The fraction of sp³-hybridized carbons (Fsp3) is 0.294. The molecule has 2 aromatic heterocycles. The van der Waals surface area contributed by atoms with Gasteiger partial charge in [-0.15, -0.1) is 0 Å². The molecule has 0 fully saturated rings. The van der Waals surface area contributed by atoms with Crippen LogP contribution in [0.4, 0.5) is 11.5 Å². The van der Waals surface area contributed by atoms with Crippen LogP contribution in [0, 0.1) is 0 Å². The van der Waals surface area contributed by atoms with E-state index in [4.69, 9.17) is 22.7 Å². The molecule has 3 N–H and O–H groups in total. The lowest BCUT2D eigenvalue weighted by molar-refractivity contribution is 0.241. The van der Waals surface area contributed by atoms with Crippen molar-refractivity contribution >= 4 is 34.7 Å². The quantitative estimate of drug-likeness (QED) is 0.482. The summed E-state index contributed by atoms with van der Waals surface area (Å²) in [7, 11) is 3.85. The molecule has 0 aliphatic rings. The van der Waals surface area contributed by atoms with E-state index in [0.717, 1.165) is 5.69 Å². The zero-order valence-electron chi connectivity index (χ0n) is 14.7. The zero-order chi connectivity index (χ0) is 18.4. The van der Waals surface area contributed by atoms with Crippen molar-refractivity contribution in [3.8, 4) is 5.75 Å². The molecule has 0 aliphatic heterocycles. The maximum absolute atomic E-state index is 5.99. The second kappa shape index (κ2) is 8.39. The molecular formula is C17H22N6OS. The summed E-state index contributed by atoms with van der Waals surface area (Å²) < 4.78 is 5.55. The van der Waals surface area contributed by atoms with Crippen molar-refractivity contribution in [2.24, 2.45) is 10.7 Å². The van der Waals surface area contributed by atoms with Gasteiger partial charge in [-0.05, 0) is 50.3 Å². The Morgan fingerprint density at radius 2 is 2.04 bits per heavy atom. The maximum Gasteiger partial charge on any atom is 0.200 e. The molecule has 25 heavy (non-hydrogen) atoms. The van der Waals surface area contributed by atoms with Crippen LogP contribution >= 0.6 is 12.2 Å². The summed E-state index contributed by atoms with van der Waals surface area (Å²) >= 11 is 5.25. The molecule has 0 aliphatic carbocycles. The van der Waals surface area contributed by atoms with Gasteiger partial charge in [0.1, 0.15) is 11.4 Å². The molecule has 0 bridgehead atoms. The number of anilines is 2. The van der Waals surface area contributed by atoms with Crippen LogP contribution in [-0.4, -0.2) is 41.1 Å². The summed E-state index contributed by atoms with van der Waals surface area (Å²) in [4.78, 5) is 14.6. The van der Waals surface area contributed by atoms with Crippen LogP contribution in [0.15, 0.2) is 41.7 Å². The summed E-state index contributed by atoms with van der Waals surface area (Å²) in [5.74, 6) is 1.51. The lowest BCUT2D eigenvalue weighted by atomic mass is 10.3. The molecule has 7 nitrogen and oxygen atoms in total. The number of nitrogens with zero attached hydrogens (tertiary/aromatic N) is 4. The van der Waals surface area contributed by atoms with Crippen LogP contribution in [0.3, 0.4) is 0 Å². The summed E-state index contributed by atoms with van der Waals surface area (Å²) in [6.07, 6.45) is 3.37. The molecule has 0 saturated heterocycles. The molecule has 0 atom stereocenters. The number of hydrogen-bond acceptors (Lipinski definition) is 5. The Morgan fingerprint density at radius 3 is 2.64 bits per heavy atom. The van der Waals surface area contributed by atoms with Gasteiger partial charge in [-0.2, -0.15) is 0 Å². The Kier molecular flexibility index (Phi) is 6.24. The molecule has 0 amide bonds. The number of nitrogens with two attached hydrogens (primary N) is 1. The minimum Gasteiger partial charge on any atom is -0.489 e. The SMILES string of the molecule is CC(C)Oc1ccc(C(N)=NC(=S)Nc2ncccc2N(C)C)nc1. The van der Waals surface area contributed by atoms with Crippen molar-refractivity contribution in [3.63, 3.8) is 0 Å². The molecule has 0 unspecified atom stereocenters. The minimum absolute atomic E-state index is 0.0831. The molecule has 132 valence electrons. The standard InChI is InChI=1S/C17H22N6OS/c1-11(2)24-12-7-8-13(20-10-12)15(18)21-17(25)22-16-14(23(3)4)6-5-9-19-16/h5-11H,1-4H3,(H3,18,19,21,22,25). The number of amidine groups is 1. The van der Waals surface area contributed by atoms with E-state index in [1.807, 2.05) is 45.0 Å². The largest absolute Gasteiger partial charge is 0.489 e. The lowest BCUT2D eigenvalue weighted by Gasteiger charge is -2.16. The van der Waals surface area contributed by atoms with Gasteiger partial charge in [-0.3, -0.25) is 0 Å². The van der Waals surface area contributed by atoms with Crippen molar-refractivity contribution in [2.75, 3.05) is 24.3 Å². The van der Waals surface area contributed by atoms with E-state index in [1.54, 1.807) is 24.5 Å². The third-order valence-corrected chi connectivity index (χ3v) is 3.28. The van der Waals surface area contributed by atoms with Crippen molar-refractivity contribution < 1.29 is 4.74 Å². The van der Waals surface area contributed by atoms with Crippen LogP contribution in [0.5, 0.6) is 5.75 Å². The highest BCUT2D eigenvalue weighted by molar-refractivity contribution is 7.80. The van der Waals surface area contributed by atoms with E-state index in [0.29, 0.717) is 17.3 Å². The fourth-order valence-corrected chi connectivity index (χ4v) is 2.22. The van der Waals surface area contributed by atoms with E-state index in [1.165, 1.54) is 0 Å².